The molecule has 0 unspecified atom stereocenters. The maximum Gasteiger partial charge on any atom is 0.329 e. The number of benzene rings is 1. The Labute approximate surface area is 145 Å². The lowest BCUT2D eigenvalue weighted by Gasteiger charge is -2.08. The van der Waals surface area contributed by atoms with Gasteiger partial charge >= 0.3 is 5.69 Å². The Morgan fingerprint density at radius 2 is 2.00 bits per heavy atom. The second-order valence-electron chi connectivity index (χ2n) is 5.79. The smallest absolute Gasteiger partial charge is 0.315 e. The minimum absolute atomic E-state index is 0.136. The number of nitrogens with zero attached hydrogens (tertiary/aromatic N) is 4. The minimum Gasteiger partial charge on any atom is -0.315 e. The minimum atomic E-state index is -0.586. The molecular weight excluding hydrogens is 336 g/mol. The Morgan fingerprint density at radius 3 is 2.85 bits per heavy atom. The summed E-state index contributed by atoms with van der Waals surface area (Å²) in [4.78, 5) is 46.6. The van der Waals surface area contributed by atoms with Crippen LogP contribution >= 0.6 is 0 Å². The molecule has 1 aromatic carbocycles. The maximum atomic E-state index is 12.4. The average Bonchev–Trinajstić information content (AvgIpc) is 3.04. The highest BCUT2D eigenvalue weighted by Crippen LogP contribution is 2.20. The van der Waals surface area contributed by atoms with Gasteiger partial charge in [-0.3, -0.25) is 19.1 Å². The SMILES string of the molecule is Cn1c(=O)[nH]c(=O)c2c1ncn2CC(=O)Nc1nccc2ccccc12. The molecular formula is C17H14N6O3. The van der Waals surface area contributed by atoms with Crippen molar-refractivity contribution in [3.8, 4) is 0 Å². The molecule has 0 saturated heterocycles. The van der Waals surface area contributed by atoms with Crippen LogP contribution in [0.3, 0.4) is 0 Å². The van der Waals surface area contributed by atoms with Crippen molar-refractivity contribution in [1.82, 2.24) is 24.1 Å². The van der Waals surface area contributed by atoms with Gasteiger partial charge in [0.2, 0.25) is 5.91 Å². The highest BCUT2D eigenvalue weighted by molar-refractivity contribution is 6.00. The van der Waals surface area contributed by atoms with Crippen LogP contribution in [0.15, 0.2) is 52.4 Å². The van der Waals surface area contributed by atoms with E-state index in [1.165, 1.54) is 22.5 Å². The van der Waals surface area contributed by atoms with Gasteiger partial charge in [0.1, 0.15) is 12.4 Å². The number of aryl methyl sites for hydroxylation is 1. The molecule has 0 atom stereocenters. The molecule has 0 saturated carbocycles. The van der Waals surface area contributed by atoms with Gasteiger partial charge in [-0.1, -0.05) is 24.3 Å². The molecule has 4 aromatic rings. The van der Waals surface area contributed by atoms with Gasteiger partial charge in [0.25, 0.3) is 5.56 Å². The number of fused-ring (bicyclic) bond motifs is 2. The van der Waals surface area contributed by atoms with E-state index in [1.54, 1.807) is 6.20 Å². The van der Waals surface area contributed by atoms with Gasteiger partial charge in [0.05, 0.1) is 6.33 Å². The van der Waals surface area contributed by atoms with E-state index in [1.807, 2.05) is 30.3 Å². The number of rotatable bonds is 3. The molecule has 0 fully saturated rings. The van der Waals surface area contributed by atoms with Gasteiger partial charge in [-0.25, -0.2) is 14.8 Å². The molecule has 26 heavy (non-hydrogen) atoms. The Morgan fingerprint density at radius 1 is 1.19 bits per heavy atom. The fourth-order valence-corrected chi connectivity index (χ4v) is 2.85. The van der Waals surface area contributed by atoms with Crippen LogP contribution in [0.2, 0.25) is 0 Å². The van der Waals surface area contributed by atoms with Crippen molar-refractivity contribution >= 4 is 33.7 Å². The first-order chi connectivity index (χ1) is 12.5. The Balaban J connectivity index is 1.67. The molecule has 0 aliphatic heterocycles. The van der Waals surface area contributed by atoms with Crippen molar-refractivity contribution < 1.29 is 4.79 Å². The summed E-state index contributed by atoms with van der Waals surface area (Å²) in [5.41, 5.74) is -0.767. The highest BCUT2D eigenvalue weighted by Gasteiger charge is 2.14. The fourth-order valence-electron chi connectivity index (χ4n) is 2.85. The van der Waals surface area contributed by atoms with Crippen molar-refractivity contribution in [3.63, 3.8) is 0 Å². The Kier molecular flexibility index (Phi) is 3.61. The van der Waals surface area contributed by atoms with E-state index in [4.69, 9.17) is 0 Å². The van der Waals surface area contributed by atoms with Crippen LogP contribution in [0, 0.1) is 0 Å². The number of hydrogen-bond acceptors (Lipinski definition) is 5. The lowest BCUT2D eigenvalue weighted by atomic mass is 10.1. The molecule has 9 nitrogen and oxygen atoms in total. The number of pyridine rings is 1. The van der Waals surface area contributed by atoms with Crippen LogP contribution in [-0.4, -0.2) is 30.0 Å². The van der Waals surface area contributed by atoms with E-state index in [0.717, 1.165) is 10.8 Å². The molecule has 3 aromatic heterocycles. The average molecular weight is 350 g/mol. The lowest BCUT2D eigenvalue weighted by molar-refractivity contribution is -0.116. The third kappa shape index (κ3) is 2.55. The first-order valence-corrected chi connectivity index (χ1v) is 7.82. The molecule has 0 aliphatic carbocycles. The number of aromatic amines is 1. The largest absolute Gasteiger partial charge is 0.329 e. The zero-order valence-corrected chi connectivity index (χ0v) is 13.8. The summed E-state index contributed by atoms with van der Waals surface area (Å²) in [5, 5.41) is 4.53. The van der Waals surface area contributed by atoms with Gasteiger partial charge in [0.15, 0.2) is 11.2 Å². The fraction of sp³-hybridized carbons (Fsp3) is 0.118. The first kappa shape index (κ1) is 15.8. The van der Waals surface area contributed by atoms with Crippen LogP contribution < -0.4 is 16.6 Å². The van der Waals surface area contributed by atoms with Crippen LogP contribution in [0.1, 0.15) is 0 Å². The molecule has 3 heterocycles. The van der Waals surface area contributed by atoms with Gasteiger partial charge in [-0.2, -0.15) is 0 Å². The Hall–Kier alpha value is -3.75. The number of anilines is 1. The van der Waals surface area contributed by atoms with E-state index in [0.29, 0.717) is 5.82 Å². The molecule has 0 spiro atoms. The van der Waals surface area contributed by atoms with Crippen molar-refractivity contribution in [1.29, 1.82) is 0 Å². The van der Waals surface area contributed by atoms with E-state index >= 15 is 0 Å². The zero-order chi connectivity index (χ0) is 18.3. The third-order valence-corrected chi connectivity index (χ3v) is 4.12. The quantitative estimate of drug-likeness (QED) is 0.562. The summed E-state index contributed by atoms with van der Waals surface area (Å²) in [6.45, 7) is -0.136. The van der Waals surface area contributed by atoms with Gasteiger partial charge in [-0.15, -0.1) is 0 Å². The van der Waals surface area contributed by atoms with Crippen molar-refractivity contribution in [2.45, 2.75) is 6.54 Å². The van der Waals surface area contributed by atoms with Gasteiger partial charge in [-0.05, 0) is 11.5 Å². The summed E-state index contributed by atoms with van der Waals surface area (Å²) in [6, 6.07) is 9.42. The molecule has 2 N–H and O–H groups in total. The maximum absolute atomic E-state index is 12.4. The third-order valence-electron chi connectivity index (χ3n) is 4.12. The van der Waals surface area contributed by atoms with E-state index in [-0.39, 0.29) is 23.6 Å². The first-order valence-electron chi connectivity index (χ1n) is 7.82. The molecule has 0 bridgehead atoms. The molecule has 0 aliphatic rings. The number of imidazole rings is 1. The number of H-pyrrole nitrogens is 1. The molecule has 1 amide bonds. The van der Waals surface area contributed by atoms with Crippen LogP contribution in [-0.2, 0) is 18.4 Å². The van der Waals surface area contributed by atoms with Crippen molar-refractivity contribution in [3.05, 3.63) is 63.7 Å². The second-order valence-corrected chi connectivity index (χ2v) is 5.79. The summed E-state index contributed by atoms with van der Waals surface area (Å²) >= 11 is 0. The number of amides is 1. The Bertz CT molecular complexity index is 1260. The second kappa shape index (κ2) is 5.96. The lowest BCUT2D eigenvalue weighted by Crippen LogP contribution is -2.30. The normalized spacial score (nSPS) is 11.1. The number of nitrogens with one attached hydrogen (secondary N) is 2. The molecule has 0 radical (unpaired) electrons. The summed E-state index contributed by atoms with van der Waals surface area (Å²) in [7, 11) is 1.50. The van der Waals surface area contributed by atoms with Crippen LogP contribution in [0.25, 0.3) is 21.9 Å². The van der Waals surface area contributed by atoms with E-state index in [2.05, 4.69) is 20.3 Å². The molecule has 9 heteroatoms. The molecule has 4 rings (SSSR count). The summed E-state index contributed by atoms with van der Waals surface area (Å²) < 4.78 is 2.62. The number of aromatic nitrogens is 5. The topological polar surface area (TPSA) is 115 Å². The summed E-state index contributed by atoms with van der Waals surface area (Å²) in [6.07, 6.45) is 2.97. The van der Waals surface area contributed by atoms with E-state index in [9.17, 15) is 14.4 Å². The van der Waals surface area contributed by atoms with Crippen molar-refractivity contribution in [2.24, 2.45) is 7.05 Å². The number of carbonyl (C=O) groups is 1. The van der Waals surface area contributed by atoms with Crippen LogP contribution in [0.4, 0.5) is 5.82 Å². The predicted molar refractivity (Wildman–Crippen MR) is 96.0 cm³/mol. The van der Waals surface area contributed by atoms with Crippen LogP contribution in [0.5, 0.6) is 0 Å². The monoisotopic (exact) mass is 350 g/mol. The molecule has 130 valence electrons. The van der Waals surface area contributed by atoms with Crippen molar-refractivity contribution in [2.75, 3.05) is 5.32 Å². The van der Waals surface area contributed by atoms with Gasteiger partial charge in [0, 0.05) is 18.6 Å². The standard InChI is InChI=1S/C17H14N6O3/c1-22-15-13(16(25)21-17(22)26)23(9-19-15)8-12(24)20-14-11-5-3-2-4-10(11)6-7-18-14/h2-7,9H,8H2,1H3,(H,18,20,24)(H,21,25,26). The highest BCUT2D eigenvalue weighted by atomic mass is 16.2. The zero-order valence-electron chi connectivity index (χ0n) is 13.8. The van der Waals surface area contributed by atoms with E-state index < -0.39 is 11.2 Å². The summed E-state index contributed by atoms with van der Waals surface area (Å²) in [5.74, 6) is 0.0836. The number of carbonyl (C=O) groups excluding carboxylic acids is 1. The number of hydrogen-bond donors (Lipinski definition) is 2. The predicted octanol–water partition coefficient (Wildman–Crippen LogP) is 0.610. The van der Waals surface area contributed by atoms with Gasteiger partial charge < -0.3 is 9.88 Å².